The third-order valence-electron chi connectivity index (χ3n) is 3.82. The van der Waals surface area contributed by atoms with E-state index < -0.39 is 0 Å². The first-order valence-electron chi connectivity index (χ1n) is 6.54. The van der Waals surface area contributed by atoms with Crippen molar-refractivity contribution >= 4 is 16.6 Å². The molecule has 3 N–H and O–H groups in total. The Morgan fingerprint density at radius 2 is 2.17 bits per heavy atom. The predicted octanol–water partition coefficient (Wildman–Crippen LogP) is 2.17. The molecule has 2 atom stereocenters. The summed E-state index contributed by atoms with van der Waals surface area (Å²) in [4.78, 5) is 0. The van der Waals surface area contributed by atoms with Crippen molar-refractivity contribution in [2.75, 3.05) is 11.9 Å². The maximum absolute atomic E-state index is 6.08. The normalized spacial score (nSPS) is 23.4. The molecule has 1 heterocycles. The van der Waals surface area contributed by atoms with Crippen LogP contribution in [0, 0.1) is 5.92 Å². The van der Waals surface area contributed by atoms with Crippen LogP contribution >= 0.6 is 0 Å². The van der Waals surface area contributed by atoms with E-state index in [2.05, 4.69) is 27.6 Å². The molecule has 4 heteroatoms. The minimum absolute atomic E-state index is 0.334. The summed E-state index contributed by atoms with van der Waals surface area (Å²) in [6.07, 6.45) is 5.40. The van der Waals surface area contributed by atoms with Crippen molar-refractivity contribution in [3.63, 3.8) is 0 Å². The standard InChI is InChI=1S/C14H18N4/c15-13-7-3-5-11(13)8-16-14-12-6-2-1-4-10(12)9-17-18-14/h1-2,4,6,9,11,13H,3,5,7-8,15H2,(H,16,18). The second-order valence-corrected chi connectivity index (χ2v) is 5.02. The number of hydrogen-bond donors (Lipinski definition) is 2. The van der Waals surface area contributed by atoms with Gasteiger partial charge in [0.1, 0.15) is 0 Å². The van der Waals surface area contributed by atoms with Crippen LogP contribution in [0.4, 0.5) is 5.82 Å². The van der Waals surface area contributed by atoms with Gasteiger partial charge in [0, 0.05) is 23.4 Å². The summed E-state index contributed by atoms with van der Waals surface area (Å²) in [6.45, 7) is 0.893. The minimum Gasteiger partial charge on any atom is -0.368 e. The first kappa shape index (κ1) is 11.4. The van der Waals surface area contributed by atoms with E-state index in [0.717, 1.165) is 29.6 Å². The predicted molar refractivity (Wildman–Crippen MR) is 73.3 cm³/mol. The van der Waals surface area contributed by atoms with Crippen LogP contribution in [0.2, 0.25) is 0 Å². The average molecular weight is 242 g/mol. The first-order valence-corrected chi connectivity index (χ1v) is 6.54. The van der Waals surface area contributed by atoms with E-state index >= 15 is 0 Å². The van der Waals surface area contributed by atoms with Crippen molar-refractivity contribution in [2.45, 2.75) is 25.3 Å². The molecular weight excluding hydrogens is 224 g/mol. The Morgan fingerprint density at radius 3 is 3.00 bits per heavy atom. The highest BCUT2D eigenvalue weighted by molar-refractivity contribution is 5.90. The summed E-state index contributed by atoms with van der Waals surface area (Å²) in [5.41, 5.74) is 6.08. The lowest BCUT2D eigenvalue weighted by Gasteiger charge is -2.16. The Hall–Kier alpha value is -1.68. The summed E-state index contributed by atoms with van der Waals surface area (Å²) in [5.74, 6) is 1.43. The van der Waals surface area contributed by atoms with E-state index in [1.54, 1.807) is 6.20 Å². The summed E-state index contributed by atoms with van der Waals surface area (Å²) in [5, 5.41) is 13.9. The van der Waals surface area contributed by atoms with Gasteiger partial charge in [0.25, 0.3) is 0 Å². The Bertz CT molecular complexity index is 535. The lowest BCUT2D eigenvalue weighted by atomic mass is 10.0. The fraction of sp³-hybridized carbons (Fsp3) is 0.429. The van der Waals surface area contributed by atoms with Gasteiger partial charge in [0.05, 0.1) is 6.20 Å². The molecule has 3 rings (SSSR count). The monoisotopic (exact) mass is 242 g/mol. The van der Waals surface area contributed by atoms with Gasteiger partial charge in [-0.3, -0.25) is 0 Å². The lowest BCUT2D eigenvalue weighted by molar-refractivity contribution is 0.504. The minimum atomic E-state index is 0.334. The Kier molecular flexibility index (Phi) is 3.11. The van der Waals surface area contributed by atoms with Crippen molar-refractivity contribution < 1.29 is 0 Å². The van der Waals surface area contributed by atoms with Crippen LogP contribution < -0.4 is 11.1 Å². The third-order valence-corrected chi connectivity index (χ3v) is 3.82. The fourth-order valence-corrected chi connectivity index (χ4v) is 2.71. The number of nitrogens with zero attached hydrogens (tertiary/aromatic N) is 2. The quantitative estimate of drug-likeness (QED) is 0.865. The molecule has 2 aromatic rings. The molecule has 0 bridgehead atoms. The van der Waals surface area contributed by atoms with Crippen molar-refractivity contribution in [3.05, 3.63) is 30.5 Å². The topological polar surface area (TPSA) is 63.8 Å². The van der Waals surface area contributed by atoms with Crippen LogP contribution in [0.1, 0.15) is 19.3 Å². The molecule has 18 heavy (non-hydrogen) atoms. The van der Waals surface area contributed by atoms with Gasteiger partial charge in [0.15, 0.2) is 5.82 Å². The van der Waals surface area contributed by atoms with Crippen molar-refractivity contribution in [1.29, 1.82) is 0 Å². The summed E-state index contributed by atoms with van der Waals surface area (Å²) in [7, 11) is 0. The molecule has 0 radical (unpaired) electrons. The van der Waals surface area contributed by atoms with Crippen molar-refractivity contribution in [3.8, 4) is 0 Å². The number of nitrogens with two attached hydrogens (primary N) is 1. The smallest absolute Gasteiger partial charge is 0.156 e. The maximum atomic E-state index is 6.08. The molecule has 0 spiro atoms. The van der Waals surface area contributed by atoms with Crippen LogP contribution in [-0.4, -0.2) is 22.8 Å². The Morgan fingerprint density at radius 1 is 1.28 bits per heavy atom. The molecule has 0 aliphatic heterocycles. The number of benzene rings is 1. The van der Waals surface area contributed by atoms with Crippen LogP contribution in [0.5, 0.6) is 0 Å². The molecule has 2 unspecified atom stereocenters. The van der Waals surface area contributed by atoms with Gasteiger partial charge in [-0.1, -0.05) is 30.7 Å². The summed E-state index contributed by atoms with van der Waals surface area (Å²) < 4.78 is 0. The second-order valence-electron chi connectivity index (χ2n) is 5.02. The Labute approximate surface area is 107 Å². The van der Waals surface area contributed by atoms with Crippen LogP contribution in [0.25, 0.3) is 10.8 Å². The van der Waals surface area contributed by atoms with E-state index in [4.69, 9.17) is 5.73 Å². The summed E-state index contributed by atoms with van der Waals surface area (Å²) >= 11 is 0. The van der Waals surface area contributed by atoms with E-state index in [9.17, 15) is 0 Å². The largest absolute Gasteiger partial charge is 0.368 e. The van der Waals surface area contributed by atoms with Gasteiger partial charge in [-0.25, -0.2) is 0 Å². The van der Waals surface area contributed by atoms with Gasteiger partial charge < -0.3 is 11.1 Å². The average Bonchev–Trinajstić information content (AvgIpc) is 2.82. The SMILES string of the molecule is NC1CCCC1CNc1nncc2ccccc12. The zero-order valence-electron chi connectivity index (χ0n) is 10.3. The summed E-state index contributed by atoms with van der Waals surface area (Å²) in [6, 6.07) is 8.50. The third kappa shape index (κ3) is 2.16. The van der Waals surface area contributed by atoms with Crippen molar-refractivity contribution in [1.82, 2.24) is 10.2 Å². The van der Waals surface area contributed by atoms with Gasteiger partial charge in [-0.2, -0.15) is 5.10 Å². The van der Waals surface area contributed by atoms with Gasteiger partial charge in [0.2, 0.25) is 0 Å². The van der Waals surface area contributed by atoms with Crippen LogP contribution in [-0.2, 0) is 0 Å². The molecular formula is C14H18N4. The number of rotatable bonds is 3. The van der Waals surface area contributed by atoms with E-state index in [0.29, 0.717) is 12.0 Å². The van der Waals surface area contributed by atoms with Crippen LogP contribution in [0.15, 0.2) is 30.5 Å². The molecule has 0 saturated heterocycles. The van der Waals surface area contributed by atoms with Crippen LogP contribution in [0.3, 0.4) is 0 Å². The number of hydrogen-bond acceptors (Lipinski definition) is 4. The molecule has 94 valence electrons. The first-order chi connectivity index (χ1) is 8.84. The van der Waals surface area contributed by atoms with E-state index in [1.807, 2.05) is 12.1 Å². The highest BCUT2D eigenvalue weighted by atomic mass is 15.2. The molecule has 1 aliphatic carbocycles. The molecule has 1 saturated carbocycles. The zero-order valence-corrected chi connectivity index (χ0v) is 10.3. The van der Waals surface area contributed by atoms with E-state index in [1.165, 1.54) is 12.8 Å². The number of anilines is 1. The number of fused-ring (bicyclic) bond motifs is 1. The Balaban J connectivity index is 1.78. The van der Waals surface area contributed by atoms with Crippen molar-refractivity contribution in [2.24, 2.45) is 11.7 Å². The van der Waals surface area contributed by atoms with Gasteiger partial charge in [-0.05, 0) is 18.8 Å². The van der Waals surface area contributed by atoms with E-state index in [-0.39, 0.29) is 0 Å². The molecule has 1 aromatic heterocycles. The molecule has 1 fully saturated rings. The fourth-order valence-electron chi connectivity index (χ4n) is 2.71. The molecule has 1 aliphatic rings. The molecule has 0 amide bonds. The highest BCUT2D eigenvalue weighted by Gasteiger charge is 2.23. The van der Waals surface area contributed by atoms with Gasteiger partial charge in [-0.15, -0.1) is 5.10 Å². The lowest BCUT2D eigenvalue weighted by Crippen LogP contribution is -2.29. The molecule has 4 nitrogen and oxygen atoms in total. The van der Waals surface area contributed by atoms with Gasteiger partial charge >= 0.3 is 0 Å². The molecule has 1 aromatic carbocycles. The number of nitrogens with one attached hydrogen (secondary N) is 1. The second kappa shape index (κ2) is 4.90. The zero-order chi connectivity index (χ0) is 12.4. The maximum Gasteiger partial charge on any atom is 0.156 e. The number of aromatic nitrogens is 2. The highest BCUT2D eigenvalue weighted by Crippen LogP contribution is 2.25.